The standard InChI is InChI=1S/C11H9NO3S.C7H6O/c13-11(14)9(16)10-12-8(6-15-10)7-4-2-1-3-5-7;1-8-7-4-5-2-3-6(5)7/h1-6,9,16H,(H,13,14);2-4H,1H3. The molecule has 0 spiro atoms. The summed E-state index contributed by atoms with van der Waals surface area (Å²) in [6.07, 6.45) is 1.43. The number of thiol groups is 1. The molecule has 0 saturated carbocycles. The van der Waals surface area contributed by atoms with Crippen LogP contribution in [0, 0.1) is 10.4 Å². The third-order valence-corrected chi connectivity index (χ3v) is 4.01. The number of hydrogen-bond acceptors (Lipinski definition) is 5. The first-order valence-corrected chi connectivity index (χ1v) is 7.72. The molecule has 1 aromatic heterocycles. The SMILES string of the molecule is COc1cc2ccc1=2.O=C(O)C(S)c1nc(-c2ccccc2)co1. The minimum absolute atomic E-state index is 0.0923. The number of aliphatic carboxylic acids is 1. The largest absolute Gasteiger partial charge is 0.496 e. The minimum Gasteiger partial charge on any atom is -0.496 e. The van der Waals surface area contributed by atoms with Gasteiger partial charge in [0.05, 0.1) is 7.11 Å². The Balaban J connectivity index is 0.000000175. The van der Waals surface area contributed by atoms with Gasteiger partial charge in [0.15, 0.2) is 5.25 Å². The van der Waals surface area contributed by atoms with E-state index < -0.39 is 11.2 Å². The fraction of sp³-hybridized carbons (Fsp3) is 0.111. The maximum absolute atomic E-state index is 10.7. The Hall–Kier alpha value is -2.73. The molecule has 0 fully saturated rings. The lowest BCUT2D eigenvalue weighted by Gasteiger charge is -2.08. The van der Waals surface area contributed by atoms with Gasteiger partial charge in [-0.2, -0.15) is 12.6 Å². The van der Waals surface area contributed by atoms with Crippen LogP contribution >= 0.6 is 12.6 Å². The van der Waals surface area contributed by atoms with Gasteiger partial charge >= 0.3 is 5.97 Å². The number of ether oxygens (including phenoxy) is 1. The van der Waals surface area contributed by atoms with Crippen molar-refractivity contribution in [3.8, 4) is 17.0 Å². The van der Waals surface area contributed by atoms with E-state index in [2.05, 4.69) is 29.7 Å². The van der Waals surface area contributed by atoms with Gasteiger partial charge in [0.25, 0.3) is 0 Å². The molecule has 2 aliphatic carbocycles. The third kappa shape index (κ3) is 3.14. The Kier molecular flexibility index (Phi) is 4.57. The molecule has 0 amide bonds. The van der Waals surface area contributed by atoms with Gasteiger partial charge in [-0.3, -0.25) is 4.79 Å². The highest BCUT2D eigenvalue weighted by Crippen LogP contribution is 2.24. The van der Waals surface area contributed by atoms with E-state index in [1.54, 1.807) is 7.11 Å². The molecule has 1 unspecified atom stereocenters. The third-order valence-electron chi connectivity index (χ3n) is 3.57. The molecule has 1 heterocycles. The molecule has 1 aromatic carbocycles. The van der Waals surface area contributed by atoms with Crippen molar-refractivity contribution < 1.29 is 19.1 Å². The zero-order valence-electron chi connectivity index (χ0n) is 12.8. The first-order chi connectivity index (χ1) is 11.6. The van der Waals surface area contributed by atoms with E-state index in [0.717, 1.165) is 11.3 Å². The summed E-state index contributed by atoms with van der Waals surface area (Å²) in [6, 6.07) is 15.6. The zero-order chi connectivity index (χ0) is 17.1. The summed E-state index contributed by atoms with van der Waals surface area (Å²) in [6.45, 7) is 0. The molecular weight excluding hydrogens is 326 g/mol. The number of carboxylic acid groups (broad SMARTS) is 1. The maximum Gasteiger partial charge on any atom is 0.325 e. The monoisotopic (exact) mass is 341 g/mol. The van der Waals surface area contributed by atoms with E-state index in [4.69, 9.17) is 14.3 Å². The van der Waals surface area contributed by atoms with Gasteiger partial charge in [0.1, 0.15) is 17.7 Å². The second-order valence-electron chi connectivity index (χ2n) is 5.09. The lowest BCUT2D eigenvalue weighted by atomic mass is 10.1. The second kappa shape index (κ2) is 6.80. The topological polar surface area (TPSA) is 72.6 Å². The smallest absolute Gasteiger partial charge is 0.325 e. The Morgan fingerprint density at radius 2 is 2.00 bits per heavy atom. The van der Waals surface area contributed by atoms with E-state index >= 15 is 0 Å². The number of aromatic nitrogens is 1. The molecule has 6 heteroatoms. The Morgan fingerprint density at radius 1 is 1.25 bits per heavy atom. The van der Waals surface area contributed by atoms with Gasteiger partial charge in [0.2, 0.25) is 5.89 Å². The summed E-state index contributed by atoms with van der Waals surface area (Å²) < 4.78 is 10.0. The number of oxazole rings is 1. The molecule has 5 nitrogen and oxygen atoms in total. The van der Waals surface area contributed by atoms with Gasteiger partial charge in [-0.05, 0) is 11.3 Å². The number of carboxylic acids is 1. The fourth-order valence-electron chi connectivity index (χ4n) is 2.18. The molecule has 0 saturated heterocycles. The number of hydrogen-bond donors (Lipinski definition) is 2. The van der Waals surface area contributed by atoms with E-state index in [1.165, 1.54) is 16.7 Å². The van der Waals surface area contributed by atoms with Crippen LogP contribution in [0.2, 0.25) is 0 Å². The van der Waals surface area contributed by atoms with E-state index in [0.29, 0.717) is 5.69 Å². The van der Waals surface area contributed by atoms with Crippen molar-refractivity contribution in [1.82, 2.24) is 4.98 Å². The normalized spacial score (nSPS) is 11.9. The van der Waals surface area contributed by atoms with Crippen LogP contribution < -0.4 is 4.74 Å². The van der Waals surface area contributed by atoms with E-state index in [9.17, 15) is 4.79 Å². The molecule has 0 bridgehead atoms. The maximum atomic E-state index is 10.7. The van der Waals surface area contributed by atoms with Gasteiger partial charge < -0.3 is 14.3 Å². The highest BCUT2D eigenvalue weighted by atomic mass is 32.1. The van der Waals surface area contributed by atoms with Crippen molar-refractivity contribution in [2.45, 2.75) is 5.25 Å². The summed E-state index contributed by atoms with van der Waals surface area (Å²) in [4.78, 5) is 14.7. The molecule has 1 atom stereocenters. The van der Waals surface area contributed by atoms with Crippen LogP contribution in [0.15, 0.2) is 59.2 Å². The Morgan fingerprint density at radius 3 is 2.46 bits per heavy atom. The summed E-state index contributed by atoms with van der Waals surface area (Å²) in [5, 5.41) is 10.3. The number of benzene rings is 2. The van der Waals surface area contributed by atoms with Crippen LogP contribution in [0.25, 0.3) is 11.3 Å². The first-order valence-electron chi connectivity index (χ1n) is 7.20. The van der Waals surface area contributed by atoms with Gasteiger partial charge in [-0.1, -0.05) is 42.5 Å². The molecule has 0 radical (unpaired) electrons. The van der Waals surface area contributed by atoms with E-state index in [-0.39, 0.29) is 5.89 Å². The Labute approximate surface area is 143 Å². The van der Waals surface area contributed by atoms with Gasteiger partial charge in [-0.25, -0.2) is 4.98 Å². The highest BCUT2D eigenvalue weighted by molar-refractivity contribution is 7.81. The van der Waals surface area contributed by atoms with Crippen LogP contribution in [0.3, 0.4) is 0 Å². The molecule has 0 aliphatic heterocycles. The summed E-state index contributed by atoms with van der Waals surface area (Å²) >= 11 is 3.88. The molecule has 122 valence electrons. The van der Waals surface area contributed by atoms with Crippen LogP contribution in [0.5, 0.6) is 5.75 Å². The molecule has 2 aromatic rings. The lowest BCUT2D eigenvalue weighted by Crippen LogP contribution is -2.05. The van der Waals surface area contributed by atoms with Crippen molar-refractivity contribution in [3.63, 3.8) is 0 Å². The van der Waals surface area contributed by atoms with Crippen molar-refractivity contribution in [3.05, 3.63) is 71.1 Å². The number of methoxy groups -OCH3 is 1. The lowest BCUT2D eigenvalue weighted by molar-refractivity contribution is -0.136. The van der Waals surface area contributed by atoms with E-state index in [1.807, 2.05) is 36.4 Å². The quantitative estimate of drug-likeness (QED) is 0.554. The second-order valence-corrected chi connectivity index (χ2v) is 5.61. The summed E-state index contributed by atoms with van der Waals surface area (Å²) in [7, 11) is 1.70. The highest BCUT2D eigenvalue weighted by Gasteiger charge is 2.20. The molecule has 4 rings (SSSR count). The number of carbonyl (C=O) groups is 1. The minimum atomic E-state index is -1.08. The number of rotatable bonds is 4. The zero-order valence-corrected chi connectivity index (χ0v) is 13.7. The van der Waals surface area contributed by atoms with Gasteiger partial charge in [-0.15, -0.1) is 0 Å². The average molecular weight is 341 g/mol. The molecule has 24 heavy (non-hydrogen) atoms. The predicted molar refractivity (Wildman–Crippen MR) is 92.0 cm³/mol. The average Bonchev–Trinajstić information content (AvgIpc) is 3.07. The van der Waals surface area contributed by atoms with Crippen LogP contribution in [-0.4, -0.2) is 23.2 Å². The van der Waals surface area contributed by atoms with Crippen molar-refractivity contribution >= 4 is 18.6 Å². The molecule has 2 aliphatic rings. The summed E-state index contributed by atoms with van der Waals surface area (Å²) in [5.74, 6) is 0.0435. The molecule has 1 N–H and O–H groups in total. The van der Waals surface area contributed by atoms with Crippen molar-refractivity contribution in [1.29, 1.82) is 0 Å². The predicted octanol–water partition coefficient (Wildman–Crippen LogP) is 3.69. The van der Waals surface area contributed by atoms with Crippen LogP contribution in [0.1, 0.15) is 11.1 Å². The van der Waals surface area contributed by atoms with Crippen LogP contribution in [-0.2, 0) is 4.79 Å². The van der Waals surface area contributed by atoms with Crippen molar-refractivity contribution in [2.75, 3.05) is 7.11 Å². The fourth-order valence-corrected chi connectivity index (χ4v) is 2.30. The van der Waals surface area contributed by atoms with Gasteiger partial charge in [0, 0.05) is 10.8 Å². The van der Waals surface area contributed by atoms with Crippen LogP contribution in [0.4, 0.5) is 0 Å². The molecular formula is C18H15NO4S. The Bertz CT molecular complexity index is 953. The summed E-state index contributed by atoms with van der Waals surface area (Å²) in [5.41, 5.74) is 1.49. The van der Waals surface area contributed by atoms with Crippen molar-refractivity contribution in [2.24, 2.45) is 0 Å². The first kappa shape index (κ1) is 16.1. The number of nitrogens with zero attached hydrogens (tertiary/aromatic N) is 1.